The molecule has 2 rings (SSSR count). The first-order chi connectivity index (χ1) is 9.49. The van der Waals surface area contributed by atoms with Crippen LogP contribution in [0.2, 0.25) is 0 Å². The molecule has 0 spiro atoms. The minimum absolute atomic E-state index is 0.345. The van der Waals surface area contributed by atoms with Gasteiger partial charge in [0.05, 0.1) is 10.6 Å². The molecule has 4 nitrogen and oxygen atoms in total. The van der Waals surface area contributed by atoms with Gasteiger partial charge in [-0.05, 0) is 36.4 Å². The van der Waals surface area contributed by atoms with Crippen LogP contribution in [0.15, 0.2) is 52.3 Å². The average Bonchev–Trinajstić information content (AvgIpc) is 2.45. The third-order valence-corrected chi connectivity index (χ3v) is 4.88. The molecule has 106 valence electrons. The van der Waals surface area contributed by atoms with E-state index in [4.69, 9.17) is 0 Å². The number of hydrogen-bond acceptors (Lipinski definition) is 5. The van der Waals surface area contributed by atoms with Crippen molar-refractivity contribution in [2.75, 3.05) is 18.6 Å². The summed E-state index contributed by atoms with van der Waals surface area (Å²) in [5.74, 6) is 1.59. The van der Waals surface area contributed by atoms with E-state index in [0.29, 0.717) is 4.90 Å². The molecule has 6 heteroatoms. The molecule has 1 N–H and O–H groups in total. The average molecular weight is 308 g/mol. The van der Waals surface area contributed by atoms with Crippen molar-refractivity contribution in [3.8, 4) is 0 Å². The van der Waals surface area contributed by atoms with Gasteiger partial charge in [0.15, 0.2) is 9.84 Å². The van der Waals surface area contributed by atoms with E-state index in [2.05, 4.69) is 10.3 Å². The molecule has 0 saturated heterocycles. The van der Waals surface area contributed by atoms with E-state index in [1.165, 1.54) is 6.26 Å². The van der Waals surface area contributed by atoms with Crippen molar-refractivity contribution in [1.82, 2.24) is 4.98 Å². The Bertz CT molecular complexity index is 683. The summed E-state index contributed by atoms with van der Waals surface area (Å²) < 4.78 is 22.7. The van der Waals surface area contributed by atoms with Crippen molar-refractivity contribution in [3.63, 3.8) is 0 Å². The highest BCUT2D eigenvalue weighted by molar-refractivity contribution is 7.98. The zero-order valence-electron chi connectivity index (χ0n) is 11.3. The fraction of sp³-hybridized carbons (Fsp3) is 0.214. The molecule has 0 bridgehead atoms. The summed E-state index contributed by atoms with van der Waals surface area (Å²) in [6, 6.07) is 12.8. The topological polar surface area (TPSA) is 59.1 Å². The molecule has 20 heavy (non-hydrogen) atoms. The molecule has 2 aromatic rings. The summed E-state index contributed by atoms with van der Waals surface area (Å²) in [5.41, 5.74) is 0.981. The summed E-state index contributed by atoms with van der Waals surface area (Å²) in [6.07, 6.45) is 1.21. The first kappa shape index (κ1) is 14.9. The molecule has 0 atom stereocenters. The van der Waals surface area contributed by atoms with Gasteiger partial charge in [-0.1, -0.05) is 6.07 Å². The smallest absolute Gasteiger partial charge is 0.175 e. The van der Waals surface area contributed by atoms with Crippen LogP contribution in [0.1, 0.15) is 5.69 Å². The predicted molar refractivity (Wildman–Crippen MR) is 82.9 cm³/mol. The maximum Gasteiger partial charge on any atom is 0.175 e. The first-order valence-electron chi connectivity index (χ1n) is 6.05. The van der Waals surface area contributed by atoms with Crippen molar-refractivity contribution in [3.05, 3.63) is 48.2 Å². The second-order valence-corrected chi connectivity index (χ2v) is 7.36. The summed E-state index contributed by atoms with van der Waals surface area (Å²) in [7, 11) is -1.29. The van der Waals surface area contributed by atoms with Crippen LogP contribution < -0.4 is 5.32 Å². The minimum Gasteiger partial charge on any atom is -0.373 e. The zero-order chi connectivity index (χ0) is 14.6. The van der Waals surface area contributed by atoms with Gasteiger partial charge in [-0.15, -0.1) is 11.8 Å². The van der Waals surface area contributed by atoms with E-state index in [1.807, 2.05) is 37.4 Å². The van der Waals surface area contributed by atoms with Gasteiger partial charge in [-0.2, -0.15) is 0 Å². The number of aromatic nitrogens is 1. The molecule has 1 heterocycles. The third-order valence-electron chi connectivity index (χ3n) is 2.70. The van der Waals surface area contributed by atoms with Gasteiger partial charge in [-0.3, -0.25) is 0 Å². The van der Waals surface area contributed by atoms with E-state index in [9.17, 15) is 8.42 Å². The van der Waals surface area contributed by atoms with Gasteiger partial charge in [0.2, 0.25) is 0 Å². The Balaban J connectivity index is 2.04. The van der Waals surface area contributed by atoms with Crippen molar-refractivity contribution in [2.24, 2.45) is 0 Å². The monoisotopic (exact) mass is 308 g/mol. The predicted octanol–water partition coefficient (Wildman–Crippen LogP) is 2.82. The molecule has 0 aliphatic carbocycles. The van der Waals surface area contributed by atoms with Crippen molar-refractivity contribution >= 4 is 27.4 Å². The van der Waals surface area contributed by atoms with Crippen LogP contribution in [0.4, 0.5) is 5.82 Å². The molecule has 0 saturated carbocycles. The number of sulfone groups is 1. The van der Waals surface area contributed by atoms with Crippen LogP contribution in [-0.4, -0.2) is 26.7 Å². The molecular weight excluding hydrogens is 292 g/mol. The molecule has 0 unspecified atom stereocenters. The third kappa shape index (κ3) is 3.98. The Morgan fingerprint density at radius 2 is 1.85 bits per heavy atom. The Labute approximate surface area is 123 Å². The normalized spacial score (nSPS) is 11.3. The number of nitrogens with one attached hydrogen (secondary N) is 1. The number of hydrogen-bond donors (Lipinski definition) is 1. The van der Waals surface area contributed by atoms with Gasteiger partial charge in [-0.25, -0.2) is 13.4 Å². The Kier molecular flexibility index (Phi) is 4.67. The molecule has 0 fully saturated rings. The number of thioether (sulfide) groups is 1. The second-order valence-electron chi connectivity index (χ2n) is 4.30. The fourth-order valence-electron chi connectivity index (χ4n) is 1.64. The lowest BCUT2D eigenvalue weighted by Gasteiger charge is -2.05. The van der Waals surface area contributed by atoms with Crippen LogP contribution >= 0.6 is 11.8 Å². The van der Waals surface area contributed by atoms with E-state index < -0.39 is 9.84 Å². The van der Waals surface area contributed by atoms with Crippen LogP contribution in [0.25, 0.3) is 0 Å². The van der Waals surface area contributed by atoms with Crippen molar-refractivity contribution in [2.45, 2.75) is 15.5 Å². The quantitative estimate of drug-likeness (QED) is 0.861. The number of anilines is 1. The second kappa shape index (κ2) is 6.28. The van der Waals surface area contributed by atoms with Gasteiger partial charge in [0.25, 0.3) is 0 Å². The number of benzene rings is 1. The minimum atomic E-state index is -3.13. The lowest BCUT2D eigenvalue weighted by molar-refractivity contribution is 0.602. The summed E-state index contributed by atoms with van der Waals surface area (Å²) >= 11 is 1.63. The van der Waals surface area contributed by atoms with Crippen LogP contribution in [-0.2, 0) is 15.6 Å². The van der Waals surface area contributed by atoms with Gasteiger partial charge in [0.1, 0.15) is 5.82 Å². The highest BCUT2D eigenvalue weighted by Crippen LogP contribution is 2.23. The van der Waals surface area contributed by atoms with E-state index >= 15 is 0 Å². The zero-order valence-corrected chi connectivity index (χ0v) is 13.0. The molecule has 0 radical (unpaired) electrons. The van der Waals surface area contributed by atoms with E-state index in [1.54, 1.807) is 23.9 Å². The number of rotatable bonds is 5. The molecule has 1 aromatic heterocycles. The summed E-state index contributed by atoms with van der Waals surface area (Å²) in [6.45, 7) is 0. The Morgan fingerprint density at radius 1 is 1.15 bits per heavy atom. The SMILES string of the molecule is CNc1cccc(CSc2ccc(S(C)(=O)=O)cc2)n1. The summed E-state index contributed by atoms with van der Waals surface area (Å²) in [5, 5.41) is 3.00. The number of nitrogens with zero attached hydrogens (tertiary/aromatic N) is 1. The van der Waals surface area contributed by atoms with Crippen LogP contribution in [0, 0.1) is 0 Å². The van der Waals surface area contributed by atoms with Gasteiger partial charge >= 0.3 is 0 Å². The Hall–Kier alpha value is -1.53. The lowest BCUT2D eigenvalue weighted by Crippen LogP contribution is -1.96. The largest absolute Gasteiger partial charge is 0.373 e. The standard InChI is InChI=1S/C14H16N2O2S2/c1-15-14-5-3-4-11(16-14)10-19-12-6-8-13(9-7-12)20(2,17)18/h3-9H,10H2,1-2H3,(H,15,16). The van der Waals surface area contributed by atoms with E-state index in [-0.39, 0.29) is 0 Å². The fourth-order valence-corrected chi connectivity index (χ4v) is 3.07. The first-order valence-corrected chi connectivity index (χ1v) is 8.93. The van der Waals surface area contributed by atoms with E-state index in [0.717, 1.165) is 22.2 Å². The maximum absolute atomic E-state index is 11.4. The summed E-state index contributed by atoms with van der Waals surface area (Å²) in [4.78, 5) is 5.80. The number of pyridine rings is 1. The molecule has 1 aromatic carbocycles. The van der Waals surface area contributed by atoms with Gasteiger partial charge in [0, 0.05) is 24.0 Å². The highest BCUT2D eigenvalue weighted by atomic mass is 32.2. The molecular formula is C14H16N2O2S2. The van der Waals surface area contributed by atoms with Crippen molar-refractivity contribution < 1.29 is 8.42 Å². The van der Waals surface area contributed by atoms with Gasteiger partial charge < -0.3 is 5.32 Å². The Morgan fingerprint density at radius 3 is 2.45 bits per heavy atom. The molecule has 0 aliphatic rings. The van der Waals surface area contributed by atoms with Crippen molar-refractivity contribution in [1.29, 1.82) is 0 Å². The maximum atomic E-state index is 11.4. The molecule has 0 aliphatic heterocycles. The van der Waals surface area contributed by atoms with Crippen LogP contribution in [0.3, 0.4) is 0 Å². The lowest BCUT2D eigenvalue weighted by atomic mass is 10.4. The molecule has 0 amide bonds. The highest BCUT2D eigenvalue weighted by Gasteiger charge is 2.06. The van der Waals surface area contributed by atoms with Crippen LogP contribution in [0.5, 0.6) is 0 Å².